The lowest BCUT2D eigenvalue weighted by atomic mass is 9.83. The van der Waals surface area contributed by atoms with E-state index in [-0.39, 0.29) is 5.78 Å². The van der Waals surface area contributed by atoms with E-state index in [0.29, 0.717) is 17.8 Å². The number of hydrogen-bond donors (Lipinski definition) is 0. The van der Waals surface area contributed by atoms with Crippen LogP contribution in [0.4, 0.5) is 0 Å². The maximum absolute atomic E-state index is 12.2. The van der Waals surface area contributed by atoms with E-state index in [4.69, 9.17) is 0 Å². The van der Waals surface area contributed by atoms with Gasteiger partial charge in [-0.3, -0.25) is 4.79 Å². The van der Waals surface area contributed by atoms with Gasteiger partial charge in [-0.15, -0.1) is 0 Å². The van der Waals surface area contributed by atoms with Crippen LogP contribution < -0.4 is 0 Å². The Morgan fingerprint density at radius 2 is 1.74 bits per heavy atom. The third kappa shape index (κ3) is 6.04. The number of hydrogen-bond acceptors (Lipinski definition) is 1. The first-order valence-electron chi connectivity index (χ1n) is 7.44. The molecule has 0 saturated heterocycles. The molecule has 0 spiro atoms. The maximum atomic E-state index is 12.2. The van der Waals surface area contributed by atoms with Gasteiger partial charge >= 0.3 is 0 Å². The van der Waals surface area contributed by atoms with Crippen molar-refractivity contribution < 1.29 is 4.79 Å². The number of carbonyl (C=O) groups is 1. The minimum absolute atomic E-state index is 0.278. The van der Waals surface area contributed by atoms with Crippen LogP contribution in [-0.4, -0.2) is 5.78 Å². The van der Waals surface area contributed by atoms with Crippen molar-refractivity contribution in [3.05, 3.63) is 35.4 Å². The lowest BCUT2D eigenvalue weighted by Crippen LogP contribution is -2.14. The monoisotopic (exact) mass is 260 g/mol. The zero-order valence-electron chi connectivity index (χ0n) is 13.1. The predicted molar refractivity (Wildman–Crippen MR) is 82.6 cm³/mol. The fourth-order valence-corrected chi connectivity index (χ4v) is 2.70. The van der Waals surface area contributed by atoms with Gasteiger partial charge in [0, 0.05) is 12.0 Å². The highest BCUT2D eigenvalue weighted by Crippen LogP contribution is 2.26. The molecule has 0 aromatic heterocycles. The maximum Gasteiger partial charge on any atom is 0.163 e. The first kappa shape index (κ1) is 15.9. The molecule has 1 rings (SSSR count). The summed E-state index contributed by atoms with van der Waals surface area (Å²) in [7, 11) is 0. The van der Waals surface area contributed by atoms with Gasteiger partial charge in [0.25, 0.3) is 0 Å². The zero-order chi connectivity index (χ0) is 14.5. The summed E-state index contributed by atoms with van der Waals surface area (Å²) in [6.07, 6.45) is 3.99. The number of Topliss-reactive ketones (excluding diaryl/α,β-unsaturated/α-hetero) is 1. The molecule has 0 amide bonds. The molecule has 0 aliphatic carbocycles. The van der Waals surface area contributed by atoms with Gasteiger partial charge in [-0.2, -0.15) is 0 Å². The van der Waals surface area contributed by atoms with E-state index in [1.807, 2.05) is 12.1 Å². The van der Waals surface area contributed by atoms with E-state index < -0.39 is 0 Å². The average molecular weight is 260 g/mol. The molecular weight excluding hydrogens is 232 g/mol. The SMILES string of the molecule is CCCc1ccc(C(=O)CC(C)CC(C)(C)C)cc1. The number of benzene rings is 1. The van der Waals surface area contributed by atoms with E-state index in [0.717, 1.165) is 24.8 Å². The summed E-state index contributed by atoms with van der Waals surface area (Å²) in [6, 6.07) is 8.14. The summed E-state index contributed by atoms with van der Waals surface area (Å²) in [5.74, 6) is 0.725. The molecule has 0 aliphatic rings. The van der Waals surface area contributed by atoms with Crippen LogP contribution in [0, 0.1) is 11.3 Å². The topological polar surface area (TPSA) is 17.1 Å². The highest BCUT2D eigenvalue weighted by Gasteiger charge is 2.18. The van der Waals surface area contributed by atoms with Gasteiger partial charge in [-0.05, 0) is 29.7 Å². The Balaban J connectivity index is 2.58. The second-order valence-corrected chi connectivity index (χ2v) is 6.94. The van der Waals surface area contributed by atoms with E-state index in [2.05, 4.69) is 46.8 Å². The molecule has 0 radical (unpaired) electrons. The first-order valence-corrected chi connectivity index (χ1v) is 7.44. The standard InChI is InChI=1S/C18H28O/c1-6-7-15-8-10-16(11-9-15)17(19)12-14(2)13-18(3,4)5/h8-11,14H,6-7,12-13H2,1-5H3. The van der Waals surface area contributed by atoms with Crippen molar-refractivity contribution in [3.63, 3.8) is 0 Å². The first-order chi connectivity index (χ1) is 8.81. The minimum atomic E-state index is 0.278. The van der Waals surface area contributed by atoms with E-state index in [1.165, 1.54) is 5.56 Å². The fourth-order valence-electron chi connectivity index (χ4n) is 2.70. The van der Waals surface area contributed by atoms with E-state index >= 15 is 0 Å². The Bertz CT molecular complexity index is 395. The van der Waals surface area contributed by atoms with E-state index in [1.54, 1.807) is 0 Å². The molecule has 0 bridgehead atoms. The average Bonchev–Trinajstić information content (AvgIpc) is 2.27. The Morgan fingerprint density at radius 1 is 1.16 bits per heavy atom. The molecule has 106 valence electrons. The highest BCUT2D eigenvalue weighted by molar-refractivity contribution is 5.96. The molecule has 1 nitrogen and oxygen atoms in total. The summed E-state index contributed by atoms with van der Waals surface area (Å²) < 4.78 is 0. The third-order valence-corrected chi connectivity index (χ3v) is 3.31. The van der Waals surface area contributed by atoms with Crippen LogP contribution in [0.25, 0.3) is 0 Å². The minimum Gasteiger partial charge on any atom is -0.294 e. The largest absolute Gasteiger partial charge is 0.294 e. The van der Waals surface area contributed by atoms with Gasteiger partial charge in [0.2, 0.25) is 0 Å². The van der Waals surface area contributed by atoms with Gasteiger partial charge in [0.15, 0.2) is 5.78 Å². The lowest BCUT2D eigenvalue weighted by Gasteiger charge is -2.22. The van der Waals surface area contributed by atoms with Crippen molar-refractivity contribution in [2.24, 2.45) is 11.3 Å². The summed E-state index contributed by atoms with van der Waals surface area (Å²) >= 11 is 0. The smallest absolute Gasteiger partial charge is 0.163 e. The van der Waals surface area contributed by atoms with Crippen molar-refractivity contribution >= 4 is 5.78 Å². The van der Waals surface area contributed by atoms with Crippen molar-refractivity contribution in [2.45, 2.75) is 60.3 Å². The fraction of sp³-hybridized carbons (Fsp3) is 0.611. The van der Waals surface area contributed by atoms with Gasteiger partial charge in [0.05, 0.1) is 0 Å². The normalized spacial score (nSPS) is 13.3. The van der Waals surface area contributed by atoms with Crippen LogP contribution in [0.1, 0.15) is 69.8 Å². The molecule has 19 heavy (non-hydrogen) atoms. The van der Waals surface area contributed by atoms with Gasteiger partial charge in [-0.25, -0.2) is 0 Å². The molecule has 1 atom stereocenters. The second-order valence-electron chi connectivity index (χ2n) is 6.94. The quantitative estimate of drug-likeness (QED) is 0.636. The summed E-state index contributed by atoms with van der Waals surface area (Å²) in [5, 5.41) is 0. The third-order valence-electron chi connectivity index (χ3n) is 3.31. The second kappa shape index (κ2) is 6.88. The van der Waals surface area contributed by atoms with Gasteiger partial charge < -0.3 is 0 Å². The summed E-state index contributed by atoms with van der Waals surface area (Å²) in [4.78, 5) is 12.2. The van der Waals surface area contributed by atoms with Gasteiger partial charge in [0.1, 0.15) is 0 Å². The van der Waals surface area contributed by atoms with Crippen LogP contribution >= 0.6 is 0 Å². The molecular formula is C18H28O. The molecule has 0 N–H and O–H groups in total. The van der Waals surface area contributed by atoms with E-state index in [9.17, 15) is 4.79 Å². The molecule has 0 saturated carbocycles. The predicted octanol–water partition coefficient (Wildman–Crippen LogP) is 5.28. The van der Waals surface area contributed by atoms with Crippen LogP contribution in [0.2, 0.25) is 0 Å². The molecule has 1 aromatic carbocycles. The zero-order valence-corrected chi connectivity index (χ0v) is 13.1. The van der Waals surface area contributed by atoms with Crippen LogP contribution in [0.5, 0.6) is 0 Å². The number of ketones is 1. The number of rotatable bonds is 6. The van der Waals surface area contributed by atoms with Crippen molar-refractivity contribution in [1.29, 1.82) is 0 Å². The Morgan fingerprint density at radius 3 is 2.21 bits per heavy atom. The van der Waals surface area contributed by atoms with Crippen LogP contribution in [0.3, 0.4) is 0 Å². The van der Waals surface area contributed by atoms with Crippen molar-refractivity contribution in [1.82, 2.24) is 0 Å². The molecule has 1 aromatic rings. The van der Waals surface area contributed by atoms with Crippen LogP contribution in [0.15, 0.2) is 24.3 Å². The molecule has 1 unspecified atom stereocenters. The van der Waals surface area contributed by atoms with Crippen molar-refractivity contribution in [3.8, 4) is 0 Å². The molecule has 1 heteroatoms. The van der Waals surface area contributed by atoms with Gasteiger partial charge in [-0.1, -0.05) is 65.3 Å². The number of aryl methyl sites for hydroxylation is 1. The highest BCUT2D eigenvalue weighted by atomic mass is 16.1. The summed E-state index contributed by atoms with van der Waals surface area (Å²) in [5.41, 5.74) is 2.48. The molecule has 0 aliphatic heterocycles. The Labute approximate surface area is 118 Å². The van der Waals surface area contributed by atoms with Crippen LogP contribution in [-0.2, 0) is 6.42 Å². The molecule has 0 fully saturated rings. The Kier molecular flexibility index (Phi) is 5.78. The molecule has 0 heterocycles. The van der Waals surface area contributed by atoms with Crippen molar-refractivity contribution in [2.75, 3.05) is 0 Å². The summed E-state index contributed by atoms with van der Waals surface area (Å²) in [6.45, 7) is 11.0. The Hall–Kier alpha value is -1.11. The lowest BCUT2D eigenvalue weighted by molar-refractivity contribution is 0.0954. The number of carbonyl (C=O) groups excluding carboxylic acids is 1.